The van der Waals surface area contributed by atoms with Gasteiger partial charge in [-0.25, -0.2) is 9.67 Å². The summed E-state index contributed by atoms with van der Waals surface area (Å²) in [6, 6.07) is 7.68. The normalized spacial score (nSPS) is 14.5. The second-order valence-corrected chi connectivity index (χ2v) is 8.01. The summed E-state index contributed by atoms with van der Waals surface area (Å²) < 4.78 is 2.65. The quantitative estimate of drug-likeness (QED) is 0.639. The van der Waals surface area contributed by atoms with Gasteiger partial charge >= 0.3 is 0 Å². The van der Waals surface area contributed by atoms with Gasteiger partial charge in [-0.1, -0.05) is 6.07 Å². The number of carbonyl (C=O) groups is 1. The van der Waals surface area contributed by atoms with Crippen LogP contribution in [0.5, 0.6) is 0 Å². The fourth-order valence-corrected chi connectivity index (χ4v) is 3.72. The molecule has 0 radical (unpaired) electrons. The average molecular weight is 411 g/mol. The fraction of sp³-hybridized carbons (Fsp3) is 0.350. The standard InChI is InChI=1S/C20H21N5O3S/c1-13(25-18(26)7-6-15(23-25)17-3-2-10-29-17)20(28)21-8-9-24-12-22-16(11-19(24)27)14-4-5-14/h2-3,6-7,10-14H,4-5,8-9H2,1H3,(H,21,28). The largest absolute Gasteiger partial charge is 0.352 e. The zero-order valence-electron chi connectivity index (χ0n) is 15.9. The Bertz CT molecular complexity index is 1130. The lowest BCUT2D eigenvalue weighted by atomic mass is 10.3. The monoisotopic (exact) mass is 411 g/mol. The van der Waals surface area contributed by atoms with E-state index < -0.39 is 6.04 Å². The third-order valence-corrected chi connectivity index (χ3v) is 5.79. The molecule has 1 aliphatic carbocycles. The third kappa shape index (κ3) is 4.34. The Morgan fingerprint density at radius 3 is 2.79 bits per heavy atom. The molecule has 0 spiro atoms. The Labute approximate surface area is 170 Å². The van der Waals surface area contributed by atoms with Crippen molar-refractivity contribution in [3.63, 3.8) is 0 Å². The van der Waals surface area contributed by atoms with Crippen LogP contribution in [0.3, 0.4) is 0 Å². The summed E-state index contributed by atoms with van der Waals surface area (Å²) in [6.07, 6.45) is 3.71. The molecule has 1 fully saturated rings. The molecule has 1 atom stereocenters. The van der Waals surface area contributed by atoms with Crippen molar-refractivity contribution in [1.82, 2.24) is 24.6 Å². The average Bonchev–Trinajstić information content (AvgIpc) is 3.43. The molecule has 4 rings (SSSR count). The predicted octanol–water partition coefficient (Wildman–Crippen LogP) is 1.78. The maximum absolute atomic E-state index is 12.5. The molecule has 150 valence electrons. The van der Waals surface area contributed by atoms with Gasteiger partial charge in [0.2, 0.25) is 5.91 Å². The lowest BCUT2D eigenvalue weighted by molar-refractivity contribution is -0.124. The van der Waals surface area contributed by atoms with Gasteiger partial charge in [0.15, 0.2) is 0 Å². The summed E-state index contributed by atoms with van der Waals surface area (Å²) in [4.78, 5) is 42.1. The van der Waals surface area contributed by atoms with E-state index >= 15 is 0 Å². The highest BCUT2D eigenvalue weighted by Gasteiger charge is 2.25. The zero-order chi connectivity index (χ0) is 20.4. The van der Waals surface area contributed by atoms with Crippen molar-refractivity contribution in [3.8, 4) is 10.6 Å². The molecule has 1 unspecified atom stereocenters. The molecule has 0 bridgehead atoms. The molecule has 1 amide bonds. The number of thiophene rings is 1. The van der Waals surface area contributed by atoms with Gasteiger partial charge in [-0.15, -0.1) is 11.3 Å². The van der Waals surface area contributed by atoms with Gasteiger partial charge < -0.3 is 5.32 Å². The first-order valence-corrected chi connectivity index (χ1v) is 10.4. The summed E-state index contributed by atoms with van der Waals surface area (Å²) in [5.41, 5.74) is 1.03. The number of rotatable bonds is 7. The number of nitrogens with zero attached hydrogens (tertiary/aromatic N) is 4. The second-order valence-electron chi connectivity index (χ2n) is 7.07. The van der Waals surface area contributed by atoms with E-state index in [1.807, 2.05) is 17.5 Å². The zero-order valence-corrected chi connectivity index (χ0v) is 16.8. The highest BCUT2D eigenvalue weighted by Crippen LogP contribution is 2.38. The Hall–Kier alpha value is -3.07. The number of amides is 1. The SMILES string of the molecule is CC(C(=O)NCCn1cnc(C2CC2)cc1=O)n1nc(-c2cccs2)ccc1=O. The number of nitrogens with one attached hydrogen (secondary N) is 1. The molecule has 3 aromatic rings. The summed E-state index contributed by atoms with van der Waals surface area (Å²) in [5.74, 6) is 0.0900. The topological polar surface area (TPSA) is 98.9 Å². The van der Waals surface area contributed by atoms with E-state index in [0.717, 1.165) is 23.4 Å². The van der Waals surface area contributed by atoms with Crippen LogP contribution in [0.4, 0.5) is 0 Å². The smallest absolute Gasteiger partial charge is 0.267 e. The van der Waals surface area contributed by atoms with E-state index in [4.69, 9.17) is 0 Å². The van der Waals surface area contributed by atoms with Crippen LogP contribution >= 0.6 is 11.3 Å². The van der Waals surface area contributed by atoms with Gasteiger partial charge in [0.25, 0.3) is 11.1 Å². The minimum Gasteiger partial charge on any atom is -0.352 e. The Balaban J connectivity index is 1.39. The van der Waals surface area contributed by atoms with Gasteiger partial charge in [-0.05, 0) is 37.3 Å². The minimum absolute atomic E-state index is 0.120. The maximum Gasteiger partial charge on any atom is 0.267 e. The predicted molar refractivity (Wildman–Crippen MR) is 110 cm³/mol. The highest BCUT2D eigenvalue weighted by molar-refractivity contribution is 7.13. The van der Waals surface area contributed by atoms with E-state index in [-0.39, 0.29) is 23.6 Å². The first-order chi connectivity index (χ1) is 14.0. The summed E-state index contributed by atoms with van der Waals surface area (Å²) >= 11 is 1.51. The lowest BCUT2D eigenvalue weighted by Gasteiger charge is -2.15. The molecule has 1 N–H and O–H groups in total. The molecule has 3 heterocycles. The summed E-state index contributed by atoms with van der Waals surface area (Å²) in [7, 11) is 0. The molecule has 9 heteroatoms. The number of hydrogen-bond donors (Lipinski definition) is 1. The van der Waals surface area contributed by atoms with Gasteiger partial charge in [0, 0.05) is 31.1 Å². The van der Waals surface area contributed by atoms with Crippen LogP contribution in [-0.2, 0) is 11.3 Å². The second kappa shape index (κ2) is 8.12. The van der Waals surface area contributed by atoms with Gasteiger partial charge in [0.05, 0.1) is 16.9 Å². The Morgan fingerprint density at radius 2 is 2.10 bits per heavy atom. The van der Waals surface area contributed by atoms with E-state index in [0.29, 0.717) is 18.2 Å². The Morgan fingerprint density at radius 1 is 1.28 bits per heavy atom. The van der Waals surface area contributed by atoms with Crippen LogP contribution < -0.4 is 16.4 Å². The molecule has 29 heavy (non-hydrogen) atoms. The van der Waals surface area contributed by atoms with Gasteiger partial charge in [0.1, 0.15) is 11.7 Å². The van der Waals surface area contributed by atoms with Crippen molar-refractivity contribution >= 4 is 17.2 Å². The van der Waals surface area contributed by atoms with Gasteiger partial charge in [-0.3, -0.25) is 19.0 Å². The maximum atomic E-state index is 12.5. The summed E-state index contributed by atoms with van der Waals surface area (Å²) in [5, 5.41) is 9.03. The first-order valence-electron chi connectivity index (χ1n) is 9.51. The molecule has 8 nitrogen and oxygen atoms in total. The van der Waals surface area contributed by atoms with E-state index in [2.05, 4.69) is 15.4 Å². The van der Waals surface area contributed by atoms with E-state index in [9.17, 15) is 14.4 Å². The summed E-state index contributed by atoms with van der Waals surface area (Å²) in [6.45, 7) is 2.19. The third-order valence-electron chi connectivity index (χ3n) is 4.89. The van der Waals surface area contributed by atoms with E-state index in [1.54, 1.807) is 19.1 Å². The molecular formula is C20H21N5O3S. The fourth-order valence-electron chi connectivity index (χ4n) is 3.03. The van der Waals surface area contributed by atoms with Crippen molar-refractivity contribution in [2.45, 2.75) is 38.3 Å². The van der Waals surface area contributed by atoms with Crippen LogP contribution in [0.15, 0.2) is 51.6 Å². The molecule has 0 saturated heterocycles. The number of carbonyl (C=O) groups excluding carboxylic acids is 1. The first kappa shape index (κ1) is 19.3. The molecule has 3 aromatic heterocycles. The number of hydrogen-bond acceptors (Lipinski definition) is 6. The number of aromatic nitrogens is 4. The van der Waals surface area contributed by atoms with Crippen molar-refractivity contribution in [2.24, 2.45) is 0 Å². The van der Waals surface area contributed by atoms with Crippen LogP contribution in [0, 0.1) is 0 Å². The molecule has 0 aromatic carbocycles. The highest BCUT2D eigenvalue weighted by atomic mass is 32.1. The van der Waals surface area contributed by atoms with E-state index in [1.165, 1.54) is 33.0 Å². The molecular weight excluding hydrogens is 390 g/mol. The Kier molecular flexibility index (Phi) is 5.39. The van der Waals surface area contributed by atoms with Crippen molar-refractivity contribution in [2.75, 3.05) is 6.54 Å². The van der Waals surface area contributed by atoms with Crippen molar-refractivity contribution in [3.05, 3.63) is 68.4 Å². The van der Waals surface area contributed by atoms with Crippen molar-refractivity contribution in [1.29, 1.82) is 0 Å². The molecule has 1 aliphatic rings. The van der Waals surface area contributed by atoms with Crippen LogP contribution in [-0.4, -0.2) is 31.8 Å². The molecule has 1 saturated carbocycles. The van der Waals surface area contributed by atoms with Crippen molar-refractivity contribution < 1.29 is 4.79 Å². The van der Waals surface area contributed by atoms with Crippen LogP contribution in [0.2, 0.25) is 0 Å². The molecule has 0 aliphatic heterocycles. The minimum atomic E-state index is -0.769. The lowest BCUT2D eigenvalue weighted by Crippen LogP contribution is -2.38. The van der Waals surface area contributed by atoms with Crippen LogP contribution in [0.25, 0.3) is 10.6 Å². The van der Waals surface area contributed by atoms with Crippen LogP contribution in [0.1, 0.15) is 37.4 Å². The van der Waals surface area contributed by atoms with Gasteiger partial charge in [-0.2, -0.15) is 5.10 Å².